The number of benzene rings is 1. The van der Waals surface area contributed by atoms with E-state index in [1.165, 1.54) is 17.4 Å². The van der Waals surface area contributed by atoms with Crippen LogP contribution in [0.4, 0.5) is 4.39 Å². The van der Waals surface area contributed by atoms with E-state index in [2.05, 4.69) is 15.9 Å². The molecule has 0 spiro atoms. The molecule has 0 radical (unpaired) electrons. The van der Waals surface area contributed by atoms with Gasteiger partial charge in [0.1, 0.15) is 18.2 Å². The lowest BCUT2D eigenvalue weighted by Crippen LogP contribution is -2.01. The summed E-state index contributed by atoms with van der Waals surface area (Å²) in [5.41, 5.74) is 0.630. The number of carboxylic acid groups (broad SMARTS) is 1. The largest absolute Gasteiger partial charge is 0.487 e. The molecule has 0 bridgehead atoms. The van der Waals surface area contributed by atoms with E-state index in [-0.39, 0.29) is 17.3 Å². The van der Waals surface area contributed by atoms with Crippen molar-refractivity contribution in [3.05, 3.63) is 49.9 Å². The summed E-state index contributed by atoms with van der Waals surface area (Å²) >= 11 is 4.35. The second kappa shape index (κ2) is 6.37. The van der Waals surface area contributed by atoms with Crippen molar-refractivity contribution in [3.8, 4) is 5.75 Å². The first-order chi connectivity index (χ1) is 9.52. The Kier molecular flexibility index (Phi) is 4.77. The van der Waals surface area contributed by atoms with E-state index in [0.29, 0.717) is 15.8 Å². The molecule has 106 valence electrons. The summed E-state index contributed by atoms with van der Waals surface area (Å²) < 4.78 is 19.2. The lowest BCUT2D eigenvalue weighted by atomic mass is 10.2. The van der Waals surface area contributed by atoms with E-state index in [1.54, 1.807) is 18.2 Å². The zero-order chi connectivity index (χ0) is 14.7. The maximum absolute atomic E-state index is 13.4. The predicted molar refractivity (Wildman–Crippen MR) is 79.1 cm³/mol. The highest BCUT2D eigenvalue weighted by Crippen LogP contribution is 2.31. The molecule has 0 amide bonds. The van der Waals surface area contributed by atoms with Crippen molar-refractivity contribution in [3.63, 3.8) is 0 Å². The van der Waals surface area contributed by atoms with Gasteiger partial charge in [-0.2, -0.15) is 0 Å². The van der Waals surface area contributed by atoms with E-state index >= 15 is 0 Å². The summed E-state index contributed by atoms with van der Waals surface area (Å²) in [6.45, 7) is 2.06. The van der Waals surface area contributed by atoms with E-state index in [9.17, 15) is 9.18 Å². The normalized spacial score (nSPS) is 10.6. The number of rotatable bonds is 5. The van der Waals surface area contributed by atoms with Gasteiger partial charge in [-0.05, 0) is 34.5 Å². The van der Waals surface area contributed by atoms with Crippen LogP contribution < -0.4 is 4.74 Å². The third-order valence-corrected chi connectivity index (χ3v) is 4.84. The molecular formula is C14H12BrFO3S. The molecule has 0 saturated heterocycles. The second-order valence-electron chi connectivity index (χ2n) is 4.07. The number of carbonyl (C=O) groups is 1. The molecule has 0 aliphatic carbocycles. The summed E-state index contributed by atoms with van der Waals surface area (Å²) in [5.74, 6) is -1.05. The summed E-state index contributed by atoms with van der Waals surface area (Å²) in [6.07, 6.45) is 0.748. The number of aryl methyl sites for hydroxylation is 1. The van der Waals surface area contributed by atoms with Gasteiger partial charge in [0.05, 0.1) is 4.47 Å². The standard InChI is InChI=1S/C14H12BrFO3S/c1-2-9-6-11(13(20-9)14(17)18)19-7-8-4-3-5-10(16)12(8)15/h3-6H,2,7H2,1H3,(H,17,18). The maximum atomic E-state index is 13.4. The van der Waals surface area contributed by atoms with Crippen LogP contribution in [0, 0.1) is 5.82 Å². The van der Waals surface area contributed by atoms with E-state index in [0.717, 1.165) is 11.3 Å². The topological polar surface area (TPSA) is 46.5 Å². The quantitative estimate of drug-likeness (QED) is 0.856. The zero-order valence-electron chi connectivity index (χ0n) is 10.7. The number of ether oxygens (including phenoxy) is 1. The Labute approximate surface area is 128 Å². The monoisotopic (exact) mass is 358 g/mol. The molecule has 20 heavy (non-hydrogen) atoms. The molecule has 0 aliphatic heterocycles. The zero-order valence-corrected chi connectivity index (χ0v) is 13.1. The van der Waals surface area contributed by atoms with Gasteiger partial charge >= 0.3 is 5.97 Å². The molecule has 0 atom stereocenters. The number of halogens is 2. The van der Waals surface area contributed by atoms with Crippen LogP contribution in [0.2, 0.25) is 0 Å². The molecular weight excluding hydrogens is 347 g/mol. The highest BCUT2D eigenvalue weighted by atomic mass is 79.9. The molecule has 2 aromatic rings. The molecule has 0 aliphatic rings. The smallest absolute Gasteiger partial charge is 0.349 e. The van der Waals surface area contributed by atoms with Crippen LogP contribution in [-0.4, -0.2) is 11.1 Å². The van der Waals surface area contributed by atoms with Crippen molar-refractivity contribution in [1.82, 2.24) is 0 Å². The summed E-state index contributed by atoms with van der Waals surface area (Å²) in [4.78, 5) is 12.3. The van der Waals surface area contributed by atoms with Gasteiger partial charge in [0, 0.05) is 10.4 Å². The van der Waals surface area contributed by atoms with Gasteiger partial charge in [-0.1, -0.05) is 19.1 Å². The van der Waals surface area contributed by atoms with Crippen LogP contribution in [0.5, 0.6) is 5.75 Å². The SMILES string of the molecule is CCc1cc(OCc2cccc(F)c2Br)c(C(=O)O)s1. The second-order valence-corrected chi connectivity index (χ2v) is 6.00. The number of hydrogen-bond acceptors (Lipinski definition) is 3. The molecule has 0 fully saturated rings. The fraction of sp³-hybridized carbons (Fsp3) is 0.214. The van der Waals surface area contributed by atoms with Crippen LogP contribution in [0.15, 0.2) is 28.7 Å². The molecule has 3 nitrogen and oxygen atoms in total. The van der Waals surface area contributed by atoms with Crippen LogP contribution in [0.1, 0.15) is 27.0 Å². The Morgan fingerprint density at radius 1 is 1.50 bits per heavy atom. The number of thiophene rings is 1. The minimum atomic E-state index is -1.01. The van der Waals surface area contributed by atoms with Crippen molar-refractivity contribution in [2.75, 3.05) is 0 Å². The van der Waals surface area contributed by atoms with Gasteiger partial charge in [0.25, 0.3) is 0 Å². The van der Waals surface area contributed by atoms with Crippen molar-refractivity contribution in [2.24, 2.45) is 0 Å². The predicted octanol–water partition coefficient (Wildman–Crippen LogP) is 4.49. The van der Waals surface area contributed by atoms with E-state index in [4.69, 9.17) is 9.84 Å². The minimum Gasteiger partial charge on any atom is -0.487 e. The van der Waals surface area contributed by atoms with Crippen LogP contribution in [-0.2, 0) is 13.0 Å². The fourth-order valence-electron chi connectivity index (χ4n) is 1.67. The van der Waals surface area contributed by atoms with E-state index in [1.807, 2.05) is 6.92 Å². The summed E-state index contributed by atoms with van der Waals surface area (Å²) in [7, 11) is 0. The number of aromatic carboxylic acids is 1. The lowest BCUT2D eigenvalue weighted by Gasteiger charge is -2.07. The van der Waals surface area contributed by atoms with Crippen LogP contribution in [0.25, 0.3) is 0 Å². The molecule has 6 heteroatoms. The third kappa shape index (κ3) is 3.19. The summed E-state index contributed by atoms with van der Waals surface area (Å²) in [6, 6.07) is 6.38. The average molecular weight is 359 g/mol. The first kappa shape index (κ1) is 15.0. The average Bonchev–Trinajstić information content (AvgIpc) is 2.84. The Balaban J connectivity index is 2.20. The number of carboxylic acids is 1. The highest BCUT2D eigenvalue weighted by Gasteiger charge is 2.17. The Hall–Kier alpha value is -1.40. The van der Waals surface area contributed by atoms with Crippen molar-refractivity contribution in [1.29, 1.82) is 0 Å². The fourth-order valence-corrected chi connectivity index (χ4v) is 2.93. The maximum Gasteiger partial charge on any atom is 0.349 e. The van der Waals surface area contributed by atoms with Crippen molar-refractivity contribution >= 4 is 33.2 Å². The minimum absolute atomic E-state index is 0.110. The van der Waals surface area contributed by atoms with Gasteiger partial charge in [-0.25, -0.2) is 9.18 Å². The van der Waals surface area contributed by atoms with Crippen molar-refractivity contribution < 1.29 is 19.0 Å². The first-order valence-electron chi connectivity index (χ1n) is 5.94. The first-order valence-corrected chi connectivity index (χ1v) is 7.55. The summed E-state index contributed by atoms with van der Waals surface area (Å²) in [5, 5.41) is 9.13. The molecule has 1 heterocycles. The molecule has 2 rings (SSSR count). The molecule has 0 unspecified atom stereocenters. The molecule has 1 N–H and O–H groups in total. The van der Waals surface area contributed by atoms with Gasteiger partial charge in [0.2, 0.25) is 0 Å². The Morgan fingerprint density at radius 2 is 2.25 bits per heavy atom. The molecule has 0 saturated carbocycles. The molecule has 1 aromatic carbocycles. The van der Waals surface area contributed by atoms with Crippen LogP contribution >= 0.6 is 27.3 Å². The van der Waals surface area contributed by atoms with E-state index < -0.39 is 5.97 Å². The van der Waals surface area contributed by atoms with Gasteiger partial charge in [0.15, 0.2) is 4.88 Å². The van der Waals surface area contributed by atoms with Gasteiger partial charge in [-0.3, -0.25) is 0 Å². The lowest BCUT2D eigenvalue weighted by molar-refractivity contribution is 0.0697. The van der Waals surface area contributed by atoms with Gasteiger partial charge < -0.3 is 9.84 Å². The third-order valence-electron chi connectivity index (χ3n) is 2.71. The van der Waals surface area contributed by atoms with Crippen molar-refractivity contribution in [2.45, 2.75) is 20.0 Å². The highest BCUT2D eigenvalue weighted by molar-refractivity contribution is 9.10. The Bertz CT molecular complexity index is 639. The van der Waals surface area contributed by atoms with Gasteiger partial charge in [-0.15, -0.1) is 11.3 Å². The molecule has 1 aromatic heterocycles. The number of hydrogen-bond donors (Lipinski definition) is 1. The Morgan fingerprint density at radius 3 is 2.90 bits per heavy atom. The van der Waals surface area contributed by atoms with Crippen LogP contribution in [0.3, 0.4) is 0 Å².